The van der Waals surface area contributed by atoms with E-state index in [1.54, 1.807) is 0 Å². The highest BCUT2D eigenvalue weighted by molar-refractivity contribution is 6.10. The summed E-state index contributed by atoms with van der Waals surface area (Å²) >= 11 is 0. The van der Waals surface area contributed by atoms with Crippen LogP contribution in [0, 0.1) is 19.7 Å². The Kier molecular flexibility index (Phi) is 3.56. The molecule has 1 saturated heterocycles. The first kappa shape index (κ1) is 14.8. The number of carbonyl (C=O) groups excluding carboxylic acids is 1. The molecular formula is C16H21FN4O. The van der Waals surface area contributed by atoms with Gasteiger partial charge in [0, 0.05) is 30.7 Å². The second-order valence-corrected chi connectivity index (χ2v) is 6.00. The highest BCUT2D eigenvalue weighted by Crippen LogP contribution is 2.36. The van der Waals surface area contributed by atoms with Crippen molar-refractivity contribution in [2.75, 3.05) is 25.0 Å². The summed E-state index contributed by atoms with van der Waals surface area (Å²) in [5.74, 6) is -1.03. The van der Waals surface area contributed by atoms with Gasteiger partial charge in [-0.2, -0.15) is 0 Å². The predicted octanol–water partition coefficient (Wildman–Crippen LogP) is 1.82. The Morgan fingerprint density at radius 1 is 1.45 bits per heavy atom. The number of aromatic amines is 1. The molecule has 0 bridgehead atoms. The molecule has 0 aliphatic carbocycles. The Hall–Kier alpha value is -2.08. The maximum Gasteiger partial charge on any atom is 0.250 e. The van der Waals surface area contributed by atoms with Crippen LogP contribution in [0.4, 0.5) is 10.1 Å². The zero-order valence-corrected chi connectivity index (χ0v) is 13.1. The molecule has 1 aromatic heterocycles. The number of hydrogen-bond donors (Lipinski definition) is 3. The van der Waals surface area contributed by atoms with Crippen molar-refractivity contribution in [3.63, 3.8) is 0 Å². The minimum Gasteiger partial charge on any atom is -0.367 e. The Balaban J connectivity index is 2.27. The average molecular weight is 304 g/mol. The number of rotatable bonds is 3. The van der Waals surface area contributed by atoms with Crippen molar-refractivity contribution in [1.82, 2.24) is 10.3 Å². The highest BCUT2D eigenvalue weighted by Gasteiger charge is 2.27. The summed E-state index contributed by atoms with van der Waals surface area (Å²) < 4.78 is 14.7. The zero-order valence-electron chi connectivity index (χ0n) is 13.1. The second kappa shape index (κ2) is 5.28. The van der Waals surface area contributed by atoms with E-state index in [0.717, 1.165) is 36.2 Å². The van der Waals surface area contributed by atoms with E-state index in [2.05, 4.69) is 10.3 Å². The first-order valence-corrected chi connectivity index (χ1v) is 7.46. The maximum atomic E-state index is 14.7. The van der Waals surface area contributed by atoms with Gasteiger partial charge in [-0.3, -0.25) is 4.79 Å². The van der Waals surface area contributed by atoms with Crippen LogP contribution in [0.15, 0.2) is 6.07 Å². The van der Waals surface area contributed by atoms with Gasteiger partial charge < -0.3 is 20.9 Å². The van der Waals surface area contributed by atoms with E-state index in [-0.39, 0.29) is 11.6 Å². The van der Waals surface area contributed by atoms with Crippen LogP contribution in [0.2, 0.25) is 0 Å². The number of H-pyrrole nitrogens is 1. The minimum absolute atomic E-state index is 0.199. The average Bonchev–Trinajstić information content (AvgIpc) is 3.08. The second-order valence-electron chi connectivity index (χ2n) is 6.00. The van der Waals surface area contributed by atoms with Crippen molar-refractivity contribution < 1.29 is 9.18 Å². The highest BCUT2D eigenvalue weighted by atomic mass is 19.1. The summed E-state index contributed by atoms with van der Waals surface area (Å²) in [6, 6.07) is 1.49. The Bertz CT molecular complexity index is 746. The zero-order chi connectivity index (χ0) is 16.0. The van der Waals surface area contributed by atoms with Crippen molar-refractivity contribution in [2.24, 2.45) is 5.73 Å². The first-order valence-electron chi connectivity index (χ1n) is 7.46. The predicted molar refractivity (Wildman–Crippen MR) is 85.9 cm³/mol. The number of nitrogens with two attached hydrogens (primary N) is 1. The number of primary amides is 1. The number of nitrogens with one attached hydrogen (secondary N) is 2. The molecule has 1 fully saturated rings. The van der Waals surface area contributed by atoms with Crippen molar-refractivity contribution in [1.29, 1.82) is 0 Å². The molecule has 3 rings (SSSR count). The Morgan fingerprint density at radius 2 is 2.18 bits per heavy atom. The molecule has 1 atom stereocenters. The lowest BCUT2D eigenvalue weighted by Crippen LogP contribution is -2.34. The molecule has 1 aliphatic heterocycles. The number of amides is 1. The number of hydrogen-bond acceptors (Lipinski definition) is 3. The fourth-order valence-electron chi connectivity index (χ4n) is 3.30. The molecule has 1 amide bonds. The molecule has 1 aliphatic rings. The lowest BCUT2D eigenvalue weighted by molar-refractivity contribution is 0.100. The Morgan fingerprint density at radius 3 is 2.77 bits per heavy atom. The summed E-state index contributed by atoms with van der Waals surface area (Å²) in [6.07, 6.45) is 0.970. The molecule has 6 heteroatoms. The quantitative estimate of drug-likeness (QED) is 0.810. The molecule has 5 nitrogen and oxygen atoms in total. The smallest absolute Gasteiger partial charge is 0.250 e. The van der Waals surface area contributed by atoms with Gasteiger partial charge in [-0.15, -0.1) is 0 Å². The molecule has 0 spiro atoms. The summed E-state index contributed by atoms with van der Waals surface area (Å²) in [4.78, 5) is 16.8. The third-order valence-corrected chi connectivity index (χ3v) is 4.70. The van der Waals surface area contributed by atoms with E-state index < -0.39 is 11.7 Å². The maximum absolute atomic E-state index is 14.7. The number of carbonyl (C=O) groups is 1. The number of aromatic nitrogens is 1. The van der Waals surface area contributed by atoms with Crippen LogP contribution in [0.5, 0.6) is 0 Å². The number of likely N-dealkylation sites (N-methyl/N-ethyl adjacent to an activating group) is 1. The van der Waals surface area contributed by atoms with Crippen molar-refractivity contribution >= 4 is 22.5 Å². The van der Waals surface area contributed by atoms with E-state index in [1.165, 1.54) is 6.07 Å². The normalized spacial score (nSPS) is 18.1. The van der Waals surface area contributed by atoms with Crippen molar-refractivity contribution in [3.05, 3.63) is 28.7 Å². The molecule has 0 radical (unpaired) electrons. The monoisotopic (exact) mass is 304 g/mol. The number of fused-ring (bicyclic) bond motifs is 1. The molecular weight excluding hydrogens is 283 g/mol. The van der Waals surface area contributed by atoms with Crippen LogP contribution in [0.3, 0.4) is 0 Å². The largest absolute Gasteiger partial charge is 0.367 e. The lowest BCUT2D eigenvalue weighted by atomic mass is 10.0. The van der Waals surface area contributed by atoms with Gasteiger partial charge in [-0.25, -0.2) is 4.39 Å². The lowest BCUT2D eigenvalue weighted by Gasteiger charge is -2.27. The van der Waals surface area contributed by atoms with E-state index in [4.69, 9.17) is 5.73 Å². The van der Waals surface area contributed by atoms with Crippen molar-refractivity contribution in [3.8, 4) is 0 Å². The van der Waals surface area contributed by atoms with Gasteiger partial charge in [0.15, 0.2) is 0 Å². The Labute approximate surface area is 128 Å². The number of anilines is 1. The summed E-state index contributed by atoms with van der Waals surface area (Å²) in [5.41, 5.74) is 8.63. The van der Waals surface area contributed by atoms with E-state index >= 15 is 0 Å². The van der Waals surface area contributed by atoms with Crippen molar-refractivity contribution in [2.45, 2.75) is 26.3 Å². The van der Waals surface area contributed by atoms with Crippen LogP contribution in [0.1, 0.15) is 28.0 Å². The van der Waals surface area contributed by atoms with Gasteiger partial charge in [-0.1, -0.05) is 0 Å². The SMILES string of the molecule is Cc1[nH]c2c(C(N)=O)cc(F)c(N(C)C3CCNC3)c2c1C. The molecule has 22 heavy (non-hydrogen) atoms. The number of nitrogens with zero attached hydrogens (tertiary/aromatic N) is 1. The summed E-state index contributed by atoms with van der Waals surface area (Å²) in [7, 11) is 1.90. The molecule has 1 unspecified atom stereocenters. The van der Waals surface area contributed by atoms with Crippen LogP contribution in [0.25, 0.3) is 10.9 Å². The van der Waals surface area contributed by atoms with Gasteiger partial charge in [0.1, 0.15) is 5.82 Å². The van der Waals surface area contributed by atoms with Crippen LogP contribution in [-0.4, -0.2) is 37.1 Å². The molecule has 1 aromatic carbocycles. The van der Waals surface area contributed by atoms with Gasteiger partial charge >= 0.3 is 0 Å². The molecule has 4 N–H and O–H groups in total. The minimum atomic E-state index is -0.623. The van der Waals surface area contributed by atoms with Crippen LogP contribution in [-0.2, 0) is 0 Å². The van der Waals surface area contributed by atoms with Gasteiger partial charge in [0.05, 0.1) is 16.8 Å². The summed E-state index contributed by atoms with van der Waals surface area (Å²) in [6.45, 7) is 5.61. The van der Waals surface area contributed by atoms with E-state index in [0.29, 0.717) is 11.2 Å². The van der Waals surface area contributed by atoms with Gasteiger partial charge in [-0.05, 0) is 38.4 Å². The third kappa shape index (κ3) is 2.14. The number of halogens is 1. The topological polar surface area (TPSA) is 74.2 Å². The van der Waals surface area contributed by atoms with E-state index in [9.17, 15) is 9.18 Å². The standard InChI is InChI=1S/C16H21FN4O/c1-8-9(2)20-14-11(16(18)22)6-12(17)15(13(8)14)21(3)10-4-5-19-7-10/h6,10,19-20H,4-5,7H2,1-3H3,(H2,18,22). The molecule has 2 aromatic rings. The van der Waals surface area contributed by atoms with Gasteiger partial charge in [0.25, 0.3) is 5.91 Å². The fraction of sp³-hybridized carbons (Fsp3) is 0.438. The first-order chi connectivity index (χ1) is 10.4. The molecule has 118 valence electrons. The molecule has 0 saturated carbocycles. The number of aryl methyl sites for hydroxylation is 2. The van der Waals surface area contributed by atoms with E-state index in [1.807, 2.05) is 25.8 Å². The van der Waals surface area contributed by atoms with Crippen LogP contribution < -0.4 is 16.0 Å². The van der Waals surface area contributed by atoms with Gasteiger partial charge in [0.2, 0.25) is 0 Å². The molecule has 2 heterocycles. The third-order valence-electron chi connectivity index (χ3n) is 4.70. The van der Waals surface area contributed by atoms with Crippen LogP contribution >= 0.6 is 0 Å². The summed E-state index contributed by atoms with van der Waals surface area (Å²) in [5, 5.41) is 4.04. The number of benzene rings is 1. The fourth-order valence-corrected chi connectivity index (χ4v) is 3.30.